The summed E-state index contributed by atoms with van der Waals surface area (Å²) < 4.78 is 13.1. The van der Waals surface area contributed by atoms with Crippen LogP contribution in [0.4, 0.5) is 0 Å². The molecule has 0 aliphatic heterocycles. The fourth-order valence-corrected chi connectivity index (χ4v) is 7.75. The minimum atomic E-state index is 0.551. The van der Waals surface area contributed by atoms with Gasteiger partial charge in [0.2, 0.25) is 0 Å². The van der Waals surface area contributed by atoms with Crippen molar-refractivity contribution in [2.24, 2.45) is 0 Å². The summed E-state index contributed by atoms with van der Waals surface area (Å²) in [6.07, 6.45) is 0. The summed E-state index contributed by atoms with van der Waals surface area (Å²) >= 11 is 0. The Balaban J connectivity index is 1.21. The van der Waals surface area contributed by atoms with Crippen molar-refractivity contribution in [1.82, 2.24) is 15.0 Å². The fraction of sp³-hybridized carbons (Fsp3) is 0. The molecule has 3 aromatic heterocycles. The maximum atomic E-state index is 6.61. The molecule has 8 aromatic carbocycles. The third-order valence-electron chi connectivity index (χ3n) is 10.4. The standard InChI is InChI=1S/C49H29N3O2/c1-2-11-30(12-3-1)32-21-24-33(25-22-32)47-50-48(35-26-23-31-13-4-5-14-34(31)29-35)52-49(51-47)45-37(27-28-43-44(45)40-16-7-9-20-42(40)53-43)39-18-10-17-38-36-15-6-8-19-41(36)54-46(38)39/h1-29H. The molecular weight excluding hydrogens is 663 g/mol. The van der Waals surface area contributed by atoms with E-state index in [-0.39, 0.29) is 0 Å². The predicted octanol–water partition coefficient (Wildman–Crippen LogP) is 13.2. The van der Waals surface area contributed by atoms with Crippen LogP contribution in [0.2, 0.25) is 0 Å². The van der Waals surface area contributed by atoms with Crippen LogP contribution in [0, 0.1) is 0 Å². The molecule has 0 aliphatic carbocycles. The van der Waals surface area contributed by atoms with Crippen molar-refractivity contribution in [3.63, 3.8) is 0 Å². The SMILES string of the molecule is c1ccc(-c2ccc(-c3nc(-c4ccc5ccccc5c4)nc(-c4c(-c5cccc6c5oc5ccccc56)ccc5oc6ccccc6c45)n3)cc2)cc1. The molecule has 0 radical (unpaired) electrons. The summed E-state index contributed by atoms with van der Waals surface area (Å²) in [6, 6.07) is 60.4. The van der Waals surface area contributed by atoms with Gasteiger partial charge in [0.15, 0.2) is 17.5 Å². The van der Waals surface area contributed by atoms with Gasteiger partial charge in [-0.15, -0.1) is 0 Å². The second-order valence-corrected chi connectivity index (χ2v) is 13.6. The van der Waals surface area contributed by atoms with Crippen LogP contribution in [-0.2, 0) is 0 Å². The van der Waals surface area contributed by atoms with Crippen molar-refractivity contribution in [2.45, 2.75) is 0 Å². The highest BCUT2D eigenvalue weighted by molar-refractivity contribution is 6.18. The topological polar surface area (TPSA) is 65.0 Å². The lowest BCUT2D eigenvalue weighted by Gasteiger charge is -2.14. The van der Waals surface area contributed by atoms with Gasteiger partial charge in [-0.3, -0.25) is 0 Å². The van der Waals surface area contributed by atoms with E-state index in [2.05, 4.69) is 127 Å². The molecule has 0 fully saturated rings. The van der Waals surface area contributed by atoms with Gasteiger partial charge in [0, 0.05) is 43.8 Å². The van der Waals surface area contributed by atoms with Gasteiger partial charge in [0.05, 0.1) is 0 Å². The second-order valence-electron chi connectivity index (χ2n) is 13.6. The Morgan fingerprint density at radius 1 is 0.333 bits per heavy atom. The molecule has 0 saturated heterocycles. The molecule has 0 unspecified atom stereocenters. The van der Waals surface area contributed by atoms with Crippen molar-refractivity contribution in [2.75, 3.05) is 0 Å². The monoisotopic (exact) mass is 691 g/mol. The highest BCUT2D eigenvalue weighted by Gasteiger charge is 2.24. The first-order chi connectivity index (χ1) is 26.7. The van der Waals surface area contributed by atoms with Crippen LogP contribution < -0.4 is 0 Å². The van der Waals surface area contributed by atoms with Crippen LogP contribution in [0.15, 0.2) is 185 Å². The maximum Gasteiger partial charge on any atom is 0.165 e. The zero-order valence-electron chi connectivity index (χ0n) is 28.9. The number of rotatable bonds is 5. The van der Waals surface area contributed by atoms with Gasteiger partial charge in [-0.25, -0.2) is 15.0 Å². The molecule has 3 heterocycles. The number of hydrogen-bond acceptors (Lipinski definition) is 5. The summed E-state index contributed by atoms with van der Waals surface area (Å²) in [5.74, 6) is 1.72. The number of para-hydroxylation sites is 3. The summed E-state index contributed by atoms with van der Waals surface area (Å²) in [7, 11) is 0. The molecule has 0 bridgehead atoms. The number of furan rings is 2. The molecule has 5 nitrogen and oxygen atoms in total. The van der Waals surface area contributed by atoms with Crippen molar-refractivity contribution in [3.8, 4) is 56.4 Å². The fourth-order valence-electron chi connectivity index (χ4n) is 7.75. The molecule has 0 atom stereocenters. The number of aromatic nitrogens is 3. The summed E-state index contributed by atoms with van der Waals surface area (Å²) in [6.45, 7) is 0. The van der Waals surface area contributed by atoms with Crippen molar-refractivity contribution < 1.29 is 8.83 Å². The Labute approximate surface area is 309 Å². The maximum absolute atomic E-state index is 6.61. The minimum Gasteiger partial charge on any atom is -0.456 e. The number of hydrogen-bond donors (Lipinski definition) is 0. The van der Waals surface area contributed by atoms with Gasteiger partial charge in [0.25, 0.3) is 0 Å². The zero-order valence-corrected chi connectivity index (χ0v) is 28.9. The van der Waals surface area contributed by atoms with Gasteiger partial charge in [-0.2, -0.15) is 0 Å². The summed E-state index contributed by atoms with van der Waals surface area (Å²) in [5.41, 5.74) is 10.0. The summed E-state index contributed by atoms with van der Waals surface area (Å²) in [4.78, 5) is 15.8. The Morgan fingerprint density at radius 2 is 0.944 bits per heavy atom. The molecule has 0 N–H and O–H groups in total. The Hall–Kier alpha value is -7.37. The van der Waals surface area contributed by atoms with E-state index in [9.17, 15) is 0 Å². The van der Waals surface area contributed by atoms with E-state index in [0.717, 1.165) is 93.6 Å². The van der Waals surface area contributed by atoms with Gasteiger partial charge < -0.3 is 8.83 Å². The van der Waals surface area contributed by atoms with Crippen molar-refractivity contribution in [3.05, 3.63) is 176 Å². The van der Waals surface area contributed by atoms with E-state index in [0.29, 0.717) is 17.5 Å². The molecule has 54 heavy (non-hydrogen) atoms. The molecule has 5 heteroatoms. The summed E-state index contributed by atoms with van der Waals surface area (Å²) in [5, 5.41) is 6.33. The molecule has 11 rings (SSSR count). The second kappa shape index (κ2) is 12.1. The lowest BCUT2D eigenvalue weighted by Crippen LogP contribution is -2.01. The molecule has 0 amide bonds. The smallest absolute Gasteiger partial charge is 0.165 e. The first-order valence-corrected chi connectivity index (χ1v) is 18.0. The molecular formula is C49H29N3O2. The highest BCUT2D eigenvalue weighted by atomic mass is 16.3. The van der Waals surface area contributed by atoms with Crippen LogP contribution in [0.3, 0.4) is 0 Å². The van der Waals surface area contributed by atoms with Gasteiger partial charge in [-0.05, 0) is 57.8 Å². The molecule has 0 aliphatic rings. The third-order valence-corrected chi connectivity index (χ3v) is 10.4. The zero-order chi connectivity index (χ0) is 35.6. The van der Waals surface area contributed by atoms with Crippen LogP contribution in [0.5, 0.6) is 0 Å². The van der Waals surface area contributed by atoms with Gasteiger partial charge in [0.1, 0.15) is 22.3 Å². The quantitative estimate of drug-likeness (QED) is 0.180. The van der Waals surface area contributed by atoms with Crippen LogP contribution in [0.25, 0.3) is 111 Å². The molecule has 252 valence electrons. The molecule has 0 spiro atoms. The number of fused-ring (bicyclic) bond motifs is 7. The van der Waals surface area contributed by atoms with E-state index >= 15 is 0 Å². The van der Waals surface area contributed by atoms with E-state index in [1.807, 2.05) is 48.5 Å². The third kappa shape index (κ3) is 4.90. The minimum absolute atomic E-state index is 0.551. The largest absolute Gasteiger partial charge is 0.456 e. The lowest BCUT2D eigenvalue weighted by atomic mass is 9.93. The van der Waals surface area contributed by atoms with Crippen LogP contribution in [0.1, 0.15) is 0 Å². The van der Waals surface area contributed by atoms with E-state index in [1.165, 1.54) is 0 Å². The number of nitrogens with zero attached hydrogens (tertiary/aromatic N) is 3. The Morgan fingerprint density at radius 3 is 1.78 bits per heavy atom. The van der Waals surface area contributed by atoms with Gasteiger partial charge in [-0.1, -0.05) is 146 Å². The molecule has 11 aromatic rings. The average Bonchev–Trinajstić information content (AvgIpc) is 3.82. The van der Waals surface area contributed by atoms with Crippen LogP contribution >= 0.6 is 0 Å². The van der Waals surface area contributed by atoms with Crippen molar-refractivity contribution in [1.29, 1.82) is 0 Å². The first kappa shape index (κ1) is 30.3. The first-order valence-electron chi connectivity index (χ1n) is 18.0. The molecule has 0 saturated carbocycles. The average molecular weight is 692 g/mol. The van der Waals surface area contributed by atoms with Gasteiger partial charge >= 0.3 is 0 Å². The predicted molar refractivity (Wildman–Crippen MR) is 219 cm³/mol. The van der Waals surface area contributed by atoms with E-state index in [4.69, 9.17) is 23.8 Å². The van der Waals surface area contributed by atoms with Crippen molar-refractivity contribution >= 4 is 54.6 Å². The normalized spacial score (nSPS) is 11.7. The Bertz CT molecular complexity index is 3210. The lowest BCUT2D eigenvalue weighted by molar-refractivity contribution is 0.668. The van der Waals surface area contributed by atoms with Crippen LogP contribution in [-0.4, -0.2) is 15.0 Å². The van der Waals surface area contributed by atoms with E-state index in [1.54, 1.807) is 0 Å². The number of benzene rings is 8. The Kier molecular flexibility index (Phi) is 6.79. The van der Waals surface area contributed by atoms with E-state index < -0.39 is 0 Å². The highest BCUT2D eigenvalue weighted by Crippen LogP contribution is 2.45.